The molecule has 1 rings (SSSR count). The molecule has 0 saturated heterocycles. The molecule has 0 radical (unpaired) electrons. The molecule has 1 amide bonds. The first-order chi connectivity index (χ1) is 9.22. The Kier molecular flexibility index (Phi) is 5.44. The number of alkyl halides is 2. The predicted octanol–water partition coefficient (Wildman–Crippen LogP) is 2.45. The minimum absolute atomic E-state index is 0.111. The Bertz CT molecular complexity index is 464. The van der Waals surface area contributed by atoms with Gasteiger partial charge in [0, 0.05) is 12.6 Å². The predicted molar refractivity (Wildman–Crippen MR) is 72.5 cm³/mol. The van der Waals surface area contributed by atoms with E-state index >= 15 is 0 Å². The number of rotatable bonds is 7. The number of benzene rings is 1. The zero-order valence-electron chi connectivity index (χ0n) is 11.8. The van der Waals surface area contributed by atoms with Gasteiger partial charge in [-0.05, 0) is 38.5 Å². The van der Waals surface area contributed by atoms with Gasteiger partial charge in [0.05, 0.1) is 5.41 Å². The Labute approximate surface area is 117 Å². The summed E-state index contributed by atoms with van der Waals surface area (Å²) in [6.07, 6.45) is 0. The molecule has 0 aliphatic carbocycles. The number of ether oxygens (including phenoxy) is 1. The maximum atomic E-state index is 12.2. The number of hydrogen-bond acceptors (Lipinski definition) is 3. The van der Waals surface area contributed by atoms with Crippen LogP contribution in [0, 0.1) is 5.41 Å². The fraction of sp³-hybridized carbons (Fsp3) is 0.500. The van der Waals surface area contributed by atoms with Crippen molar-refractivity contribution in [1.82, 2.24) is 5.32 Å². The first-order valence-electron chi connectivity index (χ1n) is 6.30. The molecule has 1 atom stereocenters. The average Bonchev–Trinajstić information content (AvgIpc) is 2.35. The van der Waals surface area contributed by atoms with Gasteiger partial charge < -0.3 is 15.8 Å². The van der Waals surface area contributed by atoms with Crippen LogP contribution in [0.5, 0.6) is 5.75 Å². The lowest BCUT2D eigenvalue weighted by Crippen LogP contribution is -2.41. The van der Waals surface area contributed by atoms with Crippen LogP contribution >= 0.6 is 0 Å². The summed E-state index contributed by atoms with van der Waals surface area (Å²) in [6.45, 7) is 2.90. The van der Waals surface area contributed by atoms with E-state index in [1.807, 2.05) is 6.92 Å². The fourth-order valence-electron chi connectivity index (χ4n) is 1.57. The molecule has 0 fully saturated rings. The summed E-state index contributed by atoms with van der Waals surface area (Å²) in [5, 5.41) is 3.16. The lowest BCUT2D eigenvalue weighted by molar-refractivity contribution is -0.125. The van der Waals surface area contributed by atoms with Crippen molar-refractivity contribution < 1.29 is 18.3 Å². The van der Waals surface area contributed by atoms with Crippen molar-refractivity contribution in [1.29, 1.82) is 0 Å². The summed E-state index contributed by atoms with van der Waals surface area (Å²) < 4.78 is 28.7. The van der Waals surface area contributed by atoms with Gasteiger partial charge in [-0.1, -0.05) is 12.1 Å². The molecular formula is C14H20F2N2O2. The standard InChI is InChI=1S/C14H20F2N2O2/c1-9(18-8-14(2,3)12(17)19)10-5-4-6-11(7-10)20-13(15)16/h4-7,9,13,18H,8H2,1-3H3,(H2,17,19). The zero-order chi connectivity index (χ0) is 15.3. The van der Waals surface area contributed by atoms with E-state index in [2.05, 4.69) is 10.1 Å². The van der Waals surface area contributed by atoms with E-state index in [9.17, 15) is 13.6 Å². The Morgan fingerprint density at radius 2 is 2.10 bits per heavy atom. The van der Waals surface area contributed by atoms with Crippen LogP contribution in [-0.4, -0.2) is 19.1 Å². The second kappa shape index (κ2) is 6.65. The first kappa shape index (κ1) is 16.4. The molecule has 0 heterocycles. The van der Waals surface area contributed by atoms with E-state index in [-0.39, 0.29) is 11.8 Å². The largest absolute Gasteiger partial charge is 0.435 e. The van der Waals surface area contributed by atoms with E-state index in [0.717, 1.165) is 5.56 Å². The minimum atomic E-state index is -2.85. The number of nitrogens with one attached hydrogen (secondary N) is 1. The molecule has 0 aliphatic heterocycles. The topological polar surface area (TPSA) is 64.3 Å². The number of carbonyl (C=O) groups excluding carboxylic acids is 1. The molecule has 4 nitrogen and oxygen atoms in total. The average molecular weight is 286 g/mol. The number of halogens is 2. The molecule has 0 aromatic heterocycles. The van der Waals surface area contributed by atoms with Crippen LogP contribution in [0.15, 0.2) is 24.3 Å². The van der Waals surface area contributed by atoms with Crippen molar-refractivity contribution in [3.8, 4) is 5.75 Å². The van der Waals surface area contributed by atoms with Gasteiger partial charge in [0.1, 0.15) is 5.75 Å². The highest BCUT2D eigenvalue weighted by atomic mass is 19.3. The number of hydrogen-bond donors (Lipinski definition) is 2. The number of carbonyl (C=O) groups is 1. The van der Waals surface area contributed by atoms with Crippen molar-refractivity contribution in [2.75, 3.05) is 6.54 Å². The molecule has 1 aromatic carbocycles. The van der Waals surface area contributed by atoms with Crippen LogP contribution in [0.3, 0.4) is 0 Å². The fourth-order valence-corrected chi connectivity index (χ4v) is 1.57. The molecule has 112 valence electrons. The van der Waals surface area contributed by atoms with Gasteiger partial charge in [0.2, 0.25) is 5.91 Å². The monoisotopic (exact) mass is 286 g/mol. The van der Waals surface area contributed by atoms with Crippen LogP contribution < -0.4 is 15.8 Å². The highest BCUT2D eigenvalue weighted by molar-refractivity contribution is 5.80. The van der Waals surface area contributed by atoms with Gasteiger partial charge in [-0.2, -0.15) is 8.78 Å². The van der Waals surface area contributed by atoms with Gasteiger partial charge in [-0.3, -0.25) is 4.79 Å². The van der Waals surface area contributed by atoms with Crippen LogP contribution in [0.4, 0.5) is 8.78 Å². The van der Waals surface area contributed by atoms with Crippen LogP contribution in [0.1, 0.15) is 32.4 Å². The van der Waals surface area contributed by atoms with Crippen molar-refractivity contribution >= 4 is 5.91 Å². The van der Waals surface area contributed by atoms with E-state index in [1.54, 1.807) is 32.0 Å². The number of primary amides is 1. The summed E-state index contributed by atoms with van der Waals surface area (Å²) in [6, 6.07) is 6.34. The van der Waals surface area contributed by atoms with Crippen LogP contribution in [0.2, 0.25) is 0 Å². The zero-order valence-corrected chi connectivity index (χ0v) is 11.8. The Morgan fingerprint density at radius 1 is 1.45 bits per heavy atom. The number of nitrogens with two attached hydrogens (primary N) is 1. The molecule has 3 N–H and O–H groups in total. The second-order valence-corrected chi connectivity index (χ2v) is 5.30. The third-order valence-electron chi connectivity index (χ3n) is 3.10. The summed E-state index contributed by atoms with van der Waals surface area (Å²) >= 11 is 0. The molecule has 0 bridgehead atoms. The first-order valence-corrected chi connectivity index (χ1v) is 6.30. The molecule has 0 aliphatic rings. The van der Waals surface area contributed by atoms with Crippen LogP contribution in [0.25, 0.3) is 0 Å². The maximum absolute atomic E-state index is 12.2. The van der Waals surface area contributed by atoms with Crippen molar-refractivity contribution in [3.05, 3.63) is 29.8 Å². The minimum Gasteiger partial charge on any atom is -0.435 e. The Morgan fingerprint density at radius 3 is 2.65 bits per heavy atom. The highest BCUT2D eigenvalue weighted by Crippen LogP contribution is 2.22. The smallest absolute Gasteiger partial charge is 0.387 e. The van der Waals surface area contributed by atoms with Crippen LogP contribution in [-0.2, 0) is 4.79 Å². The summed E-state index contributed by atoms with van der Waals surface area (Å²) in [4.78, 5) is 11.2. The molecule has 1 unspecified atom stereocenters. The summed E-state index contributed by atoms with van der Waals surface area (Å²) in [5.41, 5.74) is 5.41. The molecule has 1 aromatic rings. The normalized spacial score (nSPS) is 13.3. The summed E-state index contributed by atoms with van der Waals surface area (Å²) in [7, 11) is 0. The number of amides is 1. The molecule has 20 heavy (non-hydrogen) atoms. The van der Waals surface area contributed by atoms with Gasteiger partial charge in [-0.25, -0.2) is 0 Å². The Balaban J connectivity index is 2.68. The van der Waals surface area contributed by atoms with Crippen molar-refractivity contribution in [2.45, 2.75) is 33.4 Å². The van der Waals surface area contributed by atoms with Gasteiger partial charge in [0.15, 0.2) is 0 Å². The van der Waals surface area contributed by atoms with Crippen molar-refractivity contribution in [2.24, 2.45) is 11.1 Å². The molecule has 0 spiro atoms. The maximum Gasteiger partial charge on any atom is 0.387 e. The van der Waals surface area contributed by atoms with E-state index < -0.39 is 17.9 Å². The summed E-state index contributed by atoms with van der Waals surface area (Å²) in [5.74, 6) is -0.285. The van der Waals surface area contributed by atoms with E-state index in [0.29, 0.717) is 6.54 Å². The van der Waals surface area contributed by atoms with Gasteiger partial charge in [-0.15, -0.1) is 0 Å². The third kappa shape index (κ3) is 4.77. The van der Waals surface area contributed by atoms with E-state index in [1.165, 1.54) is 6.07 Å². The second-order valence-electron chi connectivity index (χ2n) is 5.30. The van der Waals surface area contributed by atoms with Crippen molar-refractivity contribution in [3.63, 3.8) is 0 Å². The lowest BCUT2D eigenvalue weighted by atomic mass is 9.92. The van der Waals surface area contributed by atoms with E-state index in [4.69, 9.17) is 5.73 Å². The Hall–Kier alpha value is -1.69. The molecular weight excluding hydrogens is 266 g/mol. The van der Waals surface area contributed by atoms with Gasteiger partial charge in [0.25, 0.3) is 0 Å². The molecule has 0 saturated carbocycles. The quantitative estimate of drug-likeness (QED) is 0.809. The van der Waals surface area contributed by atoms with Gasteiger partial charge >= 0.3 is 6.61 Å². The third-order valence-corrected chi connectivity index (χ3v) is 3.10. The molecule has 6 heteroatoms. The lowest BCUT2D eigenvalue weighted by Gasteiger charge is -2.24. The SMILES string of the molecule is CC(NCC(C)(C)C(N)=O)c1cccc(OC(F)F)c1. The highest BCUT2D eigenvalue weighted by Gasteiger charge is 2.25.